The number of carbonyl (C=O) groups excluding carboxylic acids is 2. The van der Waals surface area contributed by atoms with Gasteiger partial charge in [0.15, 0.2) is 5.13 Å². The molecule has 0 aliphatic rings. The summed E-state index contributed by atoms with van der Waals surface area (Å²) >= 11 is 1.23. The number of nitrogens with one attached hydrogen (secondary N) is 2. The SMILES string of the molecule is CNC(=O)c1ccc(/C=C/C(=O)Nc2nc(-c3ccc(C)c([N+](=O)[O-])c3)cs2)cc1. The van der Waals surface area contributed by atoms with E-state index >= 15 is 0 Å². The van der Waals surface area contributed by atoms with Gasteiger partial charge in [0.05, 0.1) is 10.6 Å². The van der Waals surface area contributed by atoms with Gasteiger partial charge in [0.1, 0.15) is 0 Å². The van der Waals surface area contributed by atoms with Crippen LogP contribution < -0.4 is 10.6 Å². The van der Waals surface area contributed by atoms with Gasteiger partial charge in [-0.15, -0.1) is 11.3 Å². The number of rotatable bonds is 6. The summed E-state index contributed by atoms with van der Waals surface area (Å²) in [6.45, 7) is 1.67. The number of nitro benzene ring substituents is 1. The molecule has 0 aliphatic heterocycles. The number of anilines is 1. The largest absolute Gasteiger partial charge is 0.355 e. The van der Waals surface area contributed by atoms with Crippen molar-refractivity contribution in [3.8, 4) is 11.3 Å². The number of aromatic nitrogens is 1. The lowest BCUT2D eigenvalue weighted by atomic mass is 10.1. The molecule has 0 spiro atoms. The maximum atomic E-state index is 12.2. The Morgan fingerprint density at radius 3 is 2.57 bits per heavy atom. The molecule has 2 amide bonds. The average Bonchev–Trinajstić information content (AvgIpc) is 3.20. The second-order valence-electron chi connectivity index (χ2n) is 6.32. The van der Waals surface area contributed by atoms with E-state index in [9.17, 15) is 19.7 Å². The summed E-state index contributed by atoms with van der Waals surface area (Å²) in [7, 11) is 1.56. The van der Waals surface area contributed by atoms with Crippen molar-refractivity contribution in [2.45, 2.75) is 6.92 Å². The maximum Gasteiger partial charge on any atom is 0.272 e. The van der Waals surface area contributed by atoms with Gasteiger partial charge in [0.25, 0.3) is 11.6 Å². The molecule has 0 radical (unpaired) electrons. The predicted octanol–water partition coefficient (Wildman–Crippen LogP) is 4.04. The van der Waals surface area contributed by atoms with E-state index in [1.54, 1.807) is 61.8 Å². The molecule has 0 saturated carbocycles. The van der Waals surface area contributed by atoms with E-state index in [1.807, 2.05) is 0 Å². The number of hydrogen-bond acceptors (Lipinski definition) is 6. The second-order valence-corrected chi connectivity index (χ2v) is 7.18. The second kappa shape index (κ2) is 9.10. The van der Waals surface area contributed by atoms with Crippen LogP contribution in [0.5, 0.6) is 0 Å². The lowest BCUT2D eigenvalue weighted by Crippen LogP contribution is -2.17. The normalized spacial score (nSPS) is 10.7. The van der Waals surface area contributed by atoms with Crippen LogP contribution in [0.25, 0.3) is 17.3 Å². The molecular formula is C21H18N4O4S. The van der Waals surface area contributed by atoms with Crippen LogP contribution in [-0.2, 0) is 4.79 Å². The zero-order chi connectivity index (χ0) is 21.7. The lowest BCUT2D eigenvalue weighted by molar-refractivity contribution is -0.385. The third-order valence-electron chi connectivity index (χ3n) is 4.26. The molecule has 9 heteroatoms. The molecule has 2 aromatic carbocycles. The molecule has 0 saturated heterocycles. The highest BCUT2D eigenvalue weighted by molar-refractivity contribution is 7.14. The molecule has 0 atom stereocenters. The number of benzene rings is 2. The third kappa shape index (κ3) is 4.95. The summed E-state index contributed by atoms with van der Waals surface area (Å²) in [6.07, 6.45) is 2.99. The van der Waals surface area contributed by atoms with Crippen LogP contribution in [0.3, 0.4) is 0 Å². The van der Waals surface area contributed by atoms with Gasteiger partial charge >= 0.3 is 0 Å². The Bertz CT molecular complexity index is 1140. The third-order valence-corrected chi connectivity index (χ3v) is 5.02. The molecule has 1 aromatic heterocycles. The summed E-state index contributed by atoms with van der Waals surface area (Å²) in [5.41, 5.74) is 3.05. The molecule has 0 fully saturated rings. The minimum absolute atomic E-state index is 0.0245. The Kier molecular flexibility index (Phi) is 6.33. The van der Waals surface area contributed by atoms with Crippen LogP contribution in [0.1, 0.15) is 21.5 Å². The Labute approximate surface area is 176 Å². The summed E-state index contributed by atoms with van der Waals surface area (Å²) in [4.78, 5) is 38.7. The minimum atomic E-state index is -0.431. The van der Waals surface area contributed by atoms with Gasteiger partial charge in [-0.25, -0.2) is 4.98 Å². The standard InChI is InChI=1S/C21H18N4O4S/c1-13-3-7-16(11-18(13)25(28)29)17-12-30-21(23-17)24-19(26)10-6-14-4-8-15(9-5-14)20(27)22-2/h3-12H,1-2H3,(H,22,27)(H,23,24,26)/b10-6+. The quantitative estimate of drug-likeness (QED) is 0.353. The minimum Gasteiger partial charge on any atom is -0.355 e. The van der Waals surface area contributed by atoms with E-state index in [0.29, 0.717) is 27.5 Å². The topological polar surface area (TPSA) is 114 Å². The molecular weight excluding hydrogens is 404 g/mol. The monoisotopic (exact) mass is 422 g/mol. The summed E-state index contributed by atoms with van der Waals surface area (Å²) in [5, 5.41) is 18.4. The van der Waals surface area contributed by atoms with Crippen molar-refractivity contribution in [2.24, 2.45) is 0 Å². The number of nitrogens with zero attached hydrogens (tertiary/aromatic N) is 2. The zero-order valence-corrected chi connectivity index (χ0v) is 17.0. The molecule has 0 unspecified atom stereocenters. The first-order valence-corrected chi connectivity index (χ1v) is 9.77. The van der Waals surface area contributed by atoms with Gasteiger partial charge in [-0.05, 0) is 30.7 Å². The van der Waals surface area contributed by atoms with E-state index in [1.165, 1.54) is 23.5 Å². The van der Waals surface area contributed by atoms with E-state index in [0.717, 1.165) is 5.56 Å². The molecule has 3 aromatic rings. The van der Waals surface area contributed by atoms with Crippen LogP contribution in [0.2, 0.25) is 0 Å². The lowest BCUT2D eigenvalue weighted by Gasteiger charge is -2.01. The highest BCUT2D eigenvalue weighted by Gasteiger charge is 2.14. The Morgan fingerprint density at radius 2 is 1.90 bits per heavy atom. The number of aryl methyl sites for hydroxylation is 1. The maximum absolute atomic E-state index is 12.2. The van der Waals surface area contributed by atoms with Crippen LogP contribution in [-0.4, -0.2) is 28.8 Å². The average molecular weight is 422 g/mol. The van der Waals surface area contributed by atoms with Gasteiger partial charge in [-0.2, -0.15) is 0 Å². The molecule has 30 heavy (non-hydrogen) atoms. The molecule has 2 N–H and O–H groups in total. The van der Waals surface area contributed by atoms with Gasteiger partial charge in [-0.1, -0.05) is 24.3 Å². The Morgan fingerprint density at radius 1 is 1.17 bits per heavy atom. The van der Waals surface area contributed by atoms with E-state index in [2.05, 4.69) is 15.6 Å². The van der Waals surface area contributed by atoms with Crippen LogP contribution in [0, 0.1) is 17.0 Å². The number of carbonyl (C=O) groups is 2. The first-order chi connectivity index (χ1) is 14.4. The van der Waals surface area contributed by atoms with Crippen LogP contribution in [0.4, 0.5) is 10.8 Å². The van der Waals surface area contributed by atoms with Crippen molar-refractivity contribution >= 4 is 40.0 Å². The number of nitro groups is 1. The van der Waals surface area contributed by atoms with Gasteiger partial charge in [0.2, 0.25) is 5.91 Å². The summed E-state index contributed by atoms with van der Waals surface area (Å²) in [5.74, 6) is -0.539. The summed E-state index contributed by atoms with van der Waals surface area (Å²) in [6, 6.07) is 11.7. The predicted molar refractivity (Wildman–Crippen MR) is 116 cm³/mol. The first kappa shape index (κ1) is 20.9. The van der Waals surface area contributed by atoms with Gasteiger partial charge < -0.3 is 5.32 Å². The van der Waals surface area contributed by atoms with Crippen molar-refractivity contribution in [1.29, 1.82) is 0 Å². The van der Waals surface area contributed by atoms with Crippen LogP contribution >= 0.6 is 11.3 Å². The van der Waals surface area contributed by atoms with Gasteiger partial charge in [0, 0.05) is 41.3 Å². The van der Waals surface area contributed by atoms with E-state index in [-0.39, 0.29) is 17.5 Å². The number of amides is 2. The van der Waals surface area contributed by atoms with Gasteiger partial charge in [-0.3, -0.25) is 25.0 Å². The summed E-state index contributed by atoms with van der Waals surface area (Å²) < 4.78 is 0. The van der Waals surface area contributed by atoms with E-state index in [4.69, 9.17) is 0 Å². The van der Waals surface area contributed by atoms with Crippen molar-refractivity contribution in [2.75, 3.05) is 12.4 Å². The molecule has 3 rings (SSSR count). The zero-order valence-electron chi connectivity index (χ0n) is 16.2. The van der Waals surface area contributed by atoms with Crippen LogP contribution in [0.15, 0.2) is 53.9 Å². The molecule has 0 aliphatic carbocycles. The molecule has 8 nitrogen and oxygen atoms in total. The Balaban J connectivity index is 1.66. The van der Waals surface area contributed by atoms with Crippen molar-refractivity contribution in [3.63, 3.8) is 0 Å². The number of hydrogen-bond donors (Lipinski definition) is 2. The molecule has 1 heterocycles. The Hall–Kier alpha value is -3.85. The highest BCUT2D eigenvalue weighted by Crippen LogP contribution is 2.29. The fourth-order valence-corrected chi connectivity index (χ4v) is 3.36. The highest BCUT2D eigenvalue weighted by atomic mass is 32.1. The van der Waals surface area contributed by atoms with Crippen molar-refractivity contribution in [1.82, 2.24) is 10.3 Å². The fourth-order valence-electron chi connectivity index (χ4n) is 2.64. The molecule has 152 valence electrons. The number of thiazole rings is 1. The fraction of sp³-hybridized carbons (Fsp3) is 0.0952. The van der Waals surface area contributed by atoms with E-state index < -0.39 is 4.92 Å². The first-order valence-electron chi connectivity index (χ1n) is 8.89. The molecule has 0 bridgehead atoms. The smallest absolute Gasteiger partial charge is 0.272 e. The van der Waals surface area contributed by atoms with Crippen molar-refractivity contribution in [3.05, 3.63) is 80.7 Å². The van der Waals surface area contributed by atoms with Crippen molar-refractivity contribution < 1.29 is 14.5 Å².